The van der Waals surface area contributed by atoms with Crippen molar-refractivity contribution in [1.29, 1.82) is 0 Å². The Morgan fingerprint density at radius 1 is 0.821 bits per heavy atom. The van der Waals surface area contributed by atoms with Crippen molar-refractivity contribution in [3.05, 3.63) is 138 Å². The molecule has 3 rings (SSSR count). The molecule has 0 aromatic heterocycles. The van der Waals surface area contributed by atoms with Crippen LogP contribution in [-0.4, -0.2) is 0 Å². The first-order valence-electron chi connectivity index (χ1n) is 9.77. The van der Waals surface area contributed by atoms with Gasteiger partial charge in [-0.15, -0.1) is 0 Å². The molecule has 0 fully saturated rings. The van der Waals surface area contributed by atoms with Gasteiger partial charge < -0.3 is 0 Å². The Labute approximate surface area is 169 Å². The minimum atomic E-state index is -0.382. The lowest BCUT2D eigenvalue weighted by atomic mass is 9.68. The molecule has 140 valence electrons. The molecule has 0 nitrogen and oxygen atoms in total. The summed E-state index contributed by atoms with van der Waals surface area (Å²) in [4.78, 5) is 0. The average Bonchev–Trinajstić information content (AvgIpc) is 3.13. The highest BCUT2D eigenvalue weighted by Crippen LogP contribution is 2.62. The molecule has 0 amide bonds. The van der Waals surface area contributed by atoms with Gasteiger partial charge in [-0.2, -0.15) is 0 Å². The Hall–Kier alpha value is -3.12. The van der Waals surface area contributed by atoms with Gasteiger partial charge in [-0.05, 0) is 65.3 Å². The van der Waals surface area contributed by atoms with Crippen LogP contribution in [0.1, 0.15) is 31.9 Å². The van der Waals surface area contributed by atoms with Crippen LogP contribution in [0.4, 0.5) is 0 Å². The summed E-state index contributed by atoms with van der Waals surface area (Å²) in [6, 6.07) is 8.68. The average molecular weight is 365 g/mol. The lowest BCUT2D eigenvalue weighted by molar-refractivity contribution is 0.778. The van der Waals surface area contributed by atoms with Gasteiger partial charge in [-0.3, -0.25) is 0 Å². The third kappa shape index (κ3) is 2.45. The first kappa shape index (κ1) is 19.6. The fourth-order valence-electron chi connectivity index (χ4n) is 4.84. The minimum Gasteiger partial charge on any atom is -0.0990 e. The molecule has 0 N–H and O–H groups in total. The number of benzene rings is 1. The van der Waals surface area contributed by atoms with Gasteiger partial charge in [0, 0.05) is 0 Å². The molecule has 1 aromatic carbocycles. The molecule has 0 heteroatoms. The summed E-state index contributed by atoms with van der Waals surface area (Å²) < 4.78 is 0. The van der Waals surface area contributed by atoms with Gasteiger partial charge in [0.25, 0.3) is 0 Å². The fourth-order valence-corrected chi connectivity index (χ4v) is 4.84. The van der Waals surface area contributed by atoms with E-state index in [4.69, 9.17) is 0 Å². The van der Waals surface area contributed by atoms with E-state index in [2.05, 4.69) is 101 Å². The van der Waals surface area contributed by atoms with E-state index < -0.39 is 0 Å². The van der Waals surface area contributed by atoms with Crippen molar-refractivity contribution in [2.75, 3.05) is 0 Å². The standard InChI is InChI=1S/C28H28/c1-7-15-21-20(10-4)26(17-9-3)28(24(21)11-5)25(12-6)22(16-8-2)23-18-13-14-19-27(23)28/h7-19H,2,4-5H2,1,3,6H3/b15-7-,17-9-,22-16-,25-12+. The molecule has 1 aromatic rings. The highest BCUT2D eigenvalue weighted by molar-refractivity contribution is 5.97. The second-order valence-electron chi connectivity index (χ2n) is 6.88. The summed E-state index contributed by atoms with van der Waals surface area (Å²) in [5.41, 5.74) is 9.47. The van der Waals surface area contributed by atoms with E-state index in [1.54, 1.807) is 0 Å². The van der Waals surface area contributed by atoms with Crippen LogP contribution < -0.4 is 0 Å². The van der Waals surface area contributed by atoms with E-state index in [1.807, 2.05) is 18.2 Å². The third-order valence-electron chi connectivity index (χ3n) is 5.64. The van der Waals surface area contributed by atoms with Crippen molar-refractivity contribution in [3.63, 3.8) is 0 Å². The van der Waals surface area contributed by atoms with Gasteiger partial charge >= 0.3 is 0 Å². The molecule has 2 aliphatic carbocycles. The number of allylic oxidation sites excluding steroid dienone is 15. The van der Waals surface area contributed by atoms with Crippen LogP contribution in [0, 0.1) is 0 Å². The topological polar surface area (TPSA) is 0 Å². The molecule has 1 unspecified atom stereocenters. The van der Waals surface area contributed by atoms with E-state index in [0.717, 1.165) is 0 Å². The molecule has 0 aliphatic heterocycles. The summed E-state index contributed by atoms with van der Waals surface area (Å²) in [6.07, 6.45) is 18.9. The minimum absolute atomic E-state index is 0.382. The van der Waals surface area contributed by atoms with Crippen LogP contribution in [-0.2, 0) is 5.41 Å². The molecule has 2 aliphatic rings. The quantitative estimate of drug-likeness (QED) is 0.505. The highest BCUT2D eigenvalue weighted by Gasteiger charge is 2.53. The fraction of sp³-hybridized carbons (Fsp3) is 0.143. The van der Waals surface area contributed by atoms with Crippen LogP contribution in [0.3, 0.4) is 0 Å². The van der Waals surface area contributed by atoms with Crippen molar-refractivity contribution in [3.8, 4) is 0 Å². The largest absolute Gasteiger partial charge is 0.0990 e. The van der Waals surface area contributed by atoms with E-state index in [9.17, 15) is 0 Å². The van der Waals surface area contributed by atoms with Gasteiger partial charge in [0.15, 0.2) is 0 Å². The van der Waals surface area contributed by atoms with Gasteiger partial charge in [0.2, 0.25) is 0 Å². The highest BCUT2D eigenvalue weighted by atomic mass is 14.5. The first-order valence-corrected chi connectivity index (χ1v) is 9.77. The molecule has 1 spiro atoms. The molecule has 0 radical (unpaired) electrons. The van der Waals surface area contributed by atoms with Crippen LogP contribution in [0.5, 0.6) is 0 Å². The van der Waals surface area contributed by atoms with Crippen LogP contribution in [0.25, 0.3) is 5.57 Å². The molecular formula is C28H28. The maximum absolute atomic E-state index is 4.23. The van der Waals surface area contributed by atoms with E-state index in [0.29, 0.717) is 0 Å². The zero-order chi connectivity index (χ0) is 20.3. The maximum Gasteiger partial charge on any atom is 0.0722 e. The van der Waals surface area contributed by atoms with Crippen molar-refractivity contribution in [2.24, 2.45) is 0 Å². The Bertz CT molecular complexity index is 1030. The van der Waals surface area contributed by atoms with Crippen molar-refractivity contribution in [1.82, 2.24) is 0 Å². The molecule has 1 atom stereocenters. The van der Waals surface area contributed by atoms with Crippen LogP contribution >= 0.6 is 0 Å². The second kappa shape index (κ2) is 7.86. The summed E-state index contributed by atoms with van der Waals surface area (Å²) in [7, 11) is 0. The molecule has 0 saturated carbocycles. The lowest BCUT2D eigenvalue weighted by Crippen LogP contribution is -2.27. The Morgan fingerprint density at radius 3 is 2.11 bits per heavy atom. The predicted molar refractivity (Wildman–Crippen MR) is 124 cm³/mol. The Balaban J connectivity index is 2.61. The van der Waals surface area contributed by atoms with E-state index in [-0.39, 0.29) is 5.41 Å². The van der Waals surface area contributed by atoms with Gasteiger partial charge in [-0.1, -0.05) is 98.7 Å². The van der Waals surface area contributed by atoms with Crippen molar-refractivity contribution >= 4 is 5.57 Å². The number of rotatable bonds is 5. The van der Waals surface area contributed by atoms with Crippen LogP contribution in [0.2, 0.25) is 0 Å². The first-order chi connectivity index (χ1) is 13.7. The van der Waals surface area contributed by atoms with Gasteiger partial charge in [-0.25, -0.2) is 0 Å². The Morgan fingerprint density at radius 2 is 1.54 bits per heavy atom. The van der Waals surface area contributed by atoms with Crippen molar-refractivity contribution in [2.45, 2.75) is 26.2 Å². The molecular weight excluding hydrogens is 336 g/mol. The molecule has 0 heterocycles. The summed E-state index contributed by atoms with van der Waals surface area (Å²) in [5.74, 6) is 0. The zero-order valence-electron chi connectivity index (χ0n) is 17.1. The summed E-state index contributed by atoms with van der Waals surface area (Å²) in [5, 5.41) is 0. The van der Waals surface area contributed by atoms with Gasteiger partial charge in [0.1, 0.15) is 0 Å². The summed E-state index contributed by atoms with van der Waals surface area (Å²) in [6.45, 7) is 18.6. The number of hydrogen-bond acceptors (Lipinski definition) is 0. The van der Waals surface area contributed by atoms with Crippen molar-refractivity contribution < 1.29 is 0 Å². The zero-order valence-corrected chi connectivity index (χ0v) is 17.1. The number of fused-ring (bicyclic) bond motifs is 2. The third-order valence-corrected chi connectivity index (χ3v) is 5.64. The molecule has 0 saturated heterocycles. The monoisotopic (exact) mass is 364 g/mol. The second-order valence-corrected chi connectivity index (χ2v) is 6.88. The SMILES string of the molecule is C=C/C=C1\C(=C/C)C2(C(C=C)=C(/C=C\C)C(C=C)=C2/C=C\C)c2ccccc21. The van der Waals surface area contributed by atoms with E-state index in [1.165, 1.54) is 44.6 Å². The van der Waals surface area contributed by atoms with Gasteiger partial charge in [0.05, 0.1) is 5.41 Å². The molecule has 28 heavy (non-hydrogen) atoms. The Kier molecular flexibility index (Phi) is 5.51. The lowest BCUT2D eigenvalue weighted by Gasteiger charge is -2.33. The normalized spacial score (nSPS) is 24.4. The smallest absolute Gasteiger partial charge is 0.0722 e. The summed E-state index contributed by atoms with van der Waals surface area (Å²) >= 11 is 0. The number of hydrogen-bond donors (Lipinski definition) is 0. The maximum atomic E-state index is 4.23. The predicted octanol–water partition coefficient (Wildman–Crippen LogP) is 7.58. The van der Waals surface area contributed by atoms with Crippen LogP contribution in [0.15, 0.2) is 127 Å². The molecule has 0 bridgehead atoms. The van der Waals surface area contributed by atoms with E-state index >= 15 is 0 Å².